The average Bonchev–Trinajstić information content (AvgIpc) is 3.03. The lowest BCUT2D eigenvalue weighted by Crippen LogP contribution is -2.42. The maximum absolute atomic E-state index is 12.9. The molecule has 2 fully saturated rings. The third-order valence-electron chi connectivity index (χ3n) is 5.98. The number of hydrogen-bond acceptors (Lipinski definition) is 2. The van der Waals surface area contributed by atoms with Crippen molar-refractivity contribution in [1.29, 1.82) is 0 Å². The van der Waals surface area contributed by atoms with Crippen LogP contribution in [0.3, 0.4) is 0 Å². The van der Waals surface area contributed by atoms with Crippen LogP contribution >= 0.6 is 0 Å². The Morgan fingerprint density at radius 2 is 1.65 bits per heavy atom. The molecule has 0 N–H and O–H groups in total. The van der Waals surface area contributed by atoms with Crippen LogP contribution in [0.2, 0.25) is 0 Å². The maximum Gasteiger partial charge on any atom is 0.253 e. The molecule has 3 nitrogen and oxygen atoms in total. The second-order valence-electron chi connectivity index (χ2n) is 7.67. The highest BCUT2D eigenvalue weighted by Crippen LogP contribution is 2.31. The molecule has 2 aliphatic rings. The Balaban J connectivity index is 1.43. The van der Waals surface area contributed by atoms with Gasteiger partial charge < -0.3 is 4.90 Å². The van der Waals surface area contributed by atoms with Crippen molar-refractivity contribution < 1.29 is 4.79 Å². The topological polar surface area (TPSA) is 23.6 Å². The summed E-state index contributed by atoms with van der Waals surface area (Å²) in [4.78, 5) is 17.6. The summed E-state index contributed by atoms with van der Waals surface area (Å²) in [6.45, 7) is 4.06. The zero-order chi connectivity index (χ0) is 17.8. The summed E-state index contributed by atoms with van der Waals surface area (Å²) < 4.78 is 0. The molecule has 1 amide bonds. The highest BCUT2D eigenvalue weighted by molar-refractivity contribution is 5.94. The van der Waals surface area contributed by atoms with Gasteiger partial charge in [0.05, 0.1) is 0 Å². The van der Waals surface area contributed by atoms with Gasteiger partial charge in [0.25, 0.3) is 5.91 Å². The van der Waals surface area contributed by atoms with Crippen LogP contribution in [0.4, 0.5) is 0 Å². The Morgan fingerprint density at radius 3 is 2.42 bits per heavy atom. The minimum atomic E-state index is 0.196. The first-order chi connectivity index (χ1) is 12.8. The Kier molecular flexibility index (Phi) is 5.35. The predicted octanol–water partition coefficient (Wildman–Crippen LogP) is 3.86. The zero-order valence-corrected chi connectivity index (χ0v) is 15.4. The van der Waals surface area contributed by atoms with Crippen LogP contribution in [-0.2, 0) is 6.42 Å². The number of carbonyl (C=O) groups is 1. The molecular formula is C23H28N2O. The standard InChI is InChI=1S/C23H28N2O/c26-23(20-11-5-2-6-12-20)25-17-21-13-7-8-15-24(22(21)18-25)16-14-19-9-3-1-4-10-19/h1-6,9-12,21-22H,7-8,13-18H2/t21-,22+/m0/s1. The van der Waals surface area contributed by atoms with E-state index < -0.39 is 0 Å². The first kappa shape index (κ1) is 17.3. The summed E-state index contributed by atoms with van der Waals surface area (Å²) in [5, 5.41) is 0. The van der Waals surface area contributed by atoms with Gasteiger partial charge in [-0.1, -0.05) is 55.0 Å². The van der Waals surface area contributed by atoms with E-state index in [0.717, 1.165) is 31.6 Å². The van der Waals surface area contributed by atoms with E-state index in [0.29, 0.717) is 12.0 Å². The van der Waals surface area contributed by atoms with Crippen molar-refractivity contribution in [3.63, 3.8) is 0 Å². The molecule has 2 saturated heterocycles. The van der Waals surface area contributed by atoms with Gasteiger partial charge in [0, 0.05) is 31.2 Å². The van der Waals surface area contributed by atoms with E-state index in [1.165, 1.54) is 31.4 Å². The highest BCUT2D eigenvalue weighted by atomic mass is 16.2. The fraction of sp³-hybridized carbons (Fsp3) is 0.435. The molecule has 2 atom stereocenters. The summed E-state index contributed by atoms with van der Waals surface area (Å²) in [6.07, 6.45) is 4.92. The fourth-order valence-electron chi connectivity index (χ4n) is 4.56. The second kappa shape index (κ2) is 8.05. The molecule has 0 spiro atoms. The normalized spacial score (nSPS) is 23.5. The molecule has 0 aromatic heterocycles. The SMILES string of the molecule is O=C(c1ccccc1)N1C[C@@H]2CCCCN(CCc3ccccc3)[C@@H]2C1. The van der Waals surface area contributed by atoms with Crippen LogP contribution < -0.4 is 0 Å². The molecule has 2 aromatic carbocycles. The van der Waals surface area contributed by atoms with Gasteiger partial charge in [-0.15, -0.1) is 0 Å². The van der Waals surface area contributed by atoms with E-state index in [1.54, 1.807) is 0 Å². The van der Waals surface area contributed by atoms with Gasteiger partial charge in [-0.3, -0.25) is 9.69 Å². The monoisotopic (exact) mass is 348 g/mol. The lowest BCUT2D eigenvalue weighted by atomic mass is 9.98. The Labute approximate surface area is 156 Å². The molecule has 0 radical (unpaired) electrons. The first-order valence-electron chi connectivity index (χ1n) is 9.93. The Bertz CT molecular complexity index is 716. The van der Waals surface area contributed by atoms with Crippen molar-refractivity contribution in [1.82, 2.24) is 9.80 Å². The lowest BCUT2D eigenvalue weighted by Gasteiger charge is -2.30. The molecule has 0 aliphatic carbocycles. The minimum absolute atomic E-state index is 0.196. The number of nitrogens with zero attached hydrogens (tertiary/aromatic N) is 2. The summed E-state index contributed by atoms with van der Waals surface area (Å²) in [6, 6.07) is 21.0. The Morgan fingerprint density at radius 1 is 0.923 bits per heavy atom. The summed E-state index contributed by atoms with van der Waals surface area (Å²) in [5.41, 5.74) is 2.23. The van der Waals surface area contributed by atoms with Crippen LogP contribution in [0.15, 0.2) is 60.7 Å². The van der Waals surface area contributed by atoms with Gasteiger partial charge in [0.15, 0.2) is 0 Å². The fourth-order valence-corrected chi connectivity index (χ4v) is 4.56. The maximum atomic E-state index is 12.9. The van der Waals surface area contributed by atoms with Crippen LogP contribution in [0.1, 0.15) is 35.2 Å². The first-order valence-corrected chi connectivity index (χ1v) is 9.93. The quantitative estimate of drug-likeness (QED) is 0.838. The molecular weight excluding hydrogens is 320 g/mol. The molecule has 26 heavy (non-hydrogen) atoms. The smallest absolute Gasteiger partial charge is 0.253 e. The lowest BCUT2D eigenvalue weighted by molar-refractivity contribution is 0.0774. The number of amides is 1. The molecule has 2 heterocycles. The van der Waals surface area contributed by atoms with Crippen LogP contribution in [0.25, 0.3) is 0 Å². The number of fused-ring (bicyclic) bond motifs is 1. The van der Waals surface area contributed by atoms with Crippen LogP contribution in [-0.4, -0.2) is 47.9 Å². The van der Waals surface area contributed by atoms with Crippen molar-refractivity contribution in [2.24, 2.45) is 5.92 Å². The van der Waals surface area contributed by atoms with Crippen molar-refractivity contribution in [3.05, 3.63) is 71.8 Å². The molecule has 2 aromatic rings. The molecule has 3 heteroatoms. The van der Waals surface area contributed by atoms with Gasteiger partial charge in [0.1, 0.15) is 0 Å². The van der Waals surface area contributed by atoms with Gasteiger partial charge in [-0.25, -0.2) is 0 Å². The van der Waals surface area contributed by atoms with Crippen LogP contribution in [0, 0.1) is 5.92 Å². The van der Waals surface area contributed by atoms with E-state index >= 15 is 0 Å². The van der Waals surface area contributed by atoms with Gasteiger partial charge in [-0.05, 0) is 49.4 Å². The number of carbonyl (C=O) groups excluding carboxylic acids is 1. The number of benzene rings is 2. The van der Waals surface area contributed by atoms with E-state index in [4.69, 9.17) is 0 Å². The van der Waals surface area contributed by atoms with Crippen molar-refractivity contribution in [2.75, 3.05) is 26.2 Å². The van der Waals surface area contributed by atoms with Crippen molar-refractivity contribution in [2.45, 2.75) is 31.7 Å². The van der Waals surface area contributed by atoms with Crippen molar-refractivity contribution in [3.8, 4) is 0 Å². The molecule has 0 unspecified atom stereocenters. The molecule has 2 aliphatic heterocycles. The molecule has 136 valence electrons. The van der Waals surface area contributed by atoms with Gasteiger partial charge in [0.2, 0.25) is 0 Å². The number of hydrogen-bond donors (Lipinski definition) is 0. The number of likely N-dealkylation sites (tertiary alicyclic amines) is 2. The third-order valence-corrected chi connectivity index (χ3v) is 5.98. The average molecular weight is 348 g/mol. The van der Waals surface area contributed by atoms with Crippen molar-refractivity contribution >= 4 is 5.91 Å². The largest absolute Gasteiger partial charge is 0.337 e. The molecule has 0 bridgehead atoms. The number of rotatable bonds is 4. The van der Waals surface area contributed by atoms with Gasteiger partial charge >= 0.3 is 0 Å². The van der Waals surface area contributed by atoms with E-state index in [9.17, 15) is 4.79 Å². The summed E-state index contributed by atoms with van der Waals surface area (Å²) in [7, 11) is 0. The summed E-state index contributed by atoms with van der Waals surface area (Å²) >= 11 is 0. The molecule has 0 saturated carbocycles. The summed E-state index contributed by atoms with van der Waals surface area (Å²) in [5.74, 6) is 0.822. The highest BCUT2D eigenvalue weighted by Gasteiger charge is 2.39. The zero-order valence-electron chi connectivity index (χ0n) is 15.4. The second-order valence-corrected chi connectivity index (χ2v) is 7.67. The Hall–Kier alpha value is -2.13. The van der Waals surface area contributed by atoms with E-state index in [-0.39, 0.29) is 5.91 Å². The van der Waals surface area contributed by atoms with E-state index in [2.05, 4.69) is 40.1 Å². The molecule has 4 rings (SSSR count). The minimum Gasteiger partial charge on any atom is -0.337 e. The third kappa shape index (κ3) is 3.83. The van der Waals surface area contributed by atoms with E-state index in [1.807, 2.05) is 30.3 Å². The predicted molar refractivity (Wildman–Crippen MR) is 105 cm³/mol. The van der Waals surface area contributed by atoms with Gasteiger partial charge in [-0.2, -0.15) is 0 Å². The van der Waals surface area contributed by atoms with Crippen LogP contribution in [0.5, 0.6) is 0 Å².